The molecule has 0 heterocycles. The van der Waals surface area contributed by atoms with Crippen LogP contribution in [0.1, 0.15) is 6.92 Å². The molecule has 0 aromatic heterocycles. The van der Waals surface area contributed by atoms with Crippen molar-refractivity contribution in [2.75, 3.05) is 0 Å². The van der Waals surface area contributed by atoms with Crippen LogP contribution < -0.4 is 5.73 Å². The fourth-order valence-electron chi connectivity index (χ4n) is 0.255. The van der Waals surface area contributed by atoms with Crippen molar-refractivity contribution in [3.05, 3.63) is 23.9 Å². The van der Waals surface area contributed by atoms with Crippen LogP contribution in [0.2, 0.25) is 0 Å². The molecule has 2 nitrogen and oxygen atoms in total. The largest absolute Gasteiger partial charge is 0.398 e. The van der Waals surface area contributed by atoms with E-state index in [1.165, 1.54) is 0 Å². The first-order valence-electron chi connectivity index (χ1n) is 2.40. The van der Waals surface area contributed by atoms with Crippen LogP contribution >= 0.6 is 0 Å². The van der Waals surface area contributed by atoms with E-state index in [4.69, 9.17) is 11.1 Å². The maximum atomic E-state index is 6.63. The predicted octanol–water partition coefficient (Wildman–Crippen LogP) is 1.05. The molecule has 3 N–H and O–H groups in total. The Morgan fingerprint density at radius 1 is 1.62 bits per heavy atom. The molecule has 0 aromatic carbocycles. The van der Waals surface area contributed by atoms with Crippen LogP contribution in [-0.2, 0) is 0 Å². The van der Waals surface area contributed by atoms with Crippen molar-refractivity contribution in [1.82, 2.24) is 0 Å². The molecular weight excluding hydrogens is 100 g/mol. The predicted molar refractivity (Wildman–Crippen MR) is 35.9 cm³/mol. The number of nitrogens with one attached hydrogen (secondary N) is 1. The third-order valence-corrected chi connectivity index (χ3v) is 0.648. The van der Waals surface area contributed by atoms with Gasteiger partial charge in [0, 0.05) is 11.9 Å². The average Bonchev–Trinajstić information content (AvgIpc) is 1.83. The van der Waals surface area contributed by atoms with Gasteiger partial charge in [0.2, 0.25) is 0 Å². The summed E-state index contributed by atoms with van der Waals surface area (Å²) >= 11 is 0. The lowest BCUT2D eigenvalue weighted by atomic mass is 10.4. The maximum Gasteiger partial charge on any atom is 0.0492 e. The summed E-state index contributed by atoms with van der Waals surface area (Å²) in [6, 6.07) is 0. The summed E-state index contributed by atoms with van der Waals surface area (Å²) in [5.41, 5.74) is 5.70. The molecule has 0 amide bonds. The molecule has 8 heavy (non-hydrogen) atoms. The second-order valence-corrected chi connectivity index (χ2v) is 1.34. The van der Waals surface area contributed by atoms with Crippen molar-refractivity contribution in [2.24, 2.45) is 5.73 Å². The summed E-state index contributed by atoms with van der Waals surface area (Å²) in [5.74, 6) is 0. The van der Waals surface area contributed by atoms with Crippen LogP contribution in [0.15, 0.2) is 23.9 Å². The van der Waals surface area contributed by atoms with Gasteiger partial charge in [-0.25, -0.2) is 0 Å². The zero-order valence-corrected chi connectivity index (χ0v) is 4.89. The molecule has 0 saturated heterocycles. The van der Waals surface area contributed by atoms with E-state index in [-0.39, 0.29) is 0 Å². The molecule has 0 aromatic rings. The Bertz CT molecular complexity index is 122. The number of hydrogen-bond donors (Lipinski definition) is 2. The molecule has 2 heteroatoms. The molecule has 0 aliphatic carbocycles. The minimum atomic E-state index is 0.475. The van der Waals surface area contributed by atoms with E-state index in [1.54, 1.807) is 12.2 Å². The van der Waals surface area contributed by atoms with Crippen molar-refractivity contribution >= 4 is 6.21 Å². The Morgan fingerprint density at radius 2 is 2.25 bits per heavy atom. The number of hydrogen-bond acceptors (Lipinski definition) is 2. The van der Waals surface area contributed by atoms with E-state index >= 15 is 0 Å². The van der Waals surface area contributed by atoms with E-state index in [9.17, 15) is 0 Å². The van der Waals surface area contributed by atoms with Gasteiger partial charge < -0.3 is 11.1 Å². The Morgan fingerprint density at radius 3 is 2.62 bits per heavy atom. The number of nitrogens with two attached hydrogens (primary N) is 1. The summed E-state index contributed by atoms with van der Waals surface area (Å²) in [4.78, 5) is 0. The van der Waals surface area contributed by atoms with Gasteiger partial charge in [0.15, 0.2) is 0 Å². The molecule has 0 saturated carbocycles. The van der Waals surface area contributed by atoms with Crippen LogP contribution in [0.3, 0.4) is 0 Å². The van der Waals surface area contributed by atoms with Crippen molar-refractivity contribution in [3.63, 3.8) is 0 Å². The fraction of sp³-hybridized carbons (Fsp3) is 0.167. The highest BCUT2D eigenvalue weighted by atomic mass is 14.6. The van der Waals surface area contributed by atoms with Gasteiger partial charge in [0.05, 0.1) is 0 Å². The zero-order valence-electron chi connectivity index (χ0n) is 4.89. The van der Waals surface area contributed by atoms with Crippen LogP contribution in [0.4, 0.5) is 0 Å². The van der Waals surface area contributed by atoms with Gasteiger partial charge >= 0.3 is 0 Å². The van der Waals surface area contributed by atoms with Gasteiger partial charge in [0.25, 0.3) is 0 Å². The van der Waals surface area contributed by atoms with Crippen molar-refractivity contribution in [2.45, 2.75) is 6.92 Å². The van der Waals surface area contributed by atoms with E-state index < -0.39 is 0 Å². The summed E-state index contributed by atoms with van der Waals surface area (Å²) in [7, 11) is 0. The zero-order chi connectivity index (χ0) is 6.41. The van der Waals surface area contributed by atoms with E-state index in [1.807, 2.05) is 13.0 Å². The second-order valence-electron chi connectivity index (χ2n) is 1.34. The molecule has 0 aliphatic heterocycles. The van der Waals surface area contributed by atoms with E-state index in [2.05, 4.69) is 0 Å². The quantitative estimate of drug-likeness (QED) is 0.405. The van der Waals surface area contributed by atoms with Gasteiger partial charge in [-0.3, -0.25) is 0 Å². The molecular formula is C6H10N2. The lowest BCUT2D eigenvalue weighted by molar-refractivity contribution is 1.44. The molecule has 44 valence electrons. The molecule has 0 bridgehead atoms. The van der Waals surface area contributed by atoms with Crippen LogP contribution in [0.25, 0.3) is 0 Å². The van der Waals surface area contributed by atoms with Gasteiger partial charge in [-0.05, 0) is 13.0 Å². The first-order chi connectivity index (χ1) is 3.81. The SMILES string of the molecule is C/C=C/C=C(/N)C=N. The average molecular weight is 110 g/mol. The minimum Gasteiger partial charge on any atom is -0.398 e. The number of allylic oxidation sites excluding steroid dienone is 4. The van der Waals surface area contributed by atoms with Crippen LogP contribution in [-0.4, -0.2) is 6.21 Å². The lowest BCUT2D eigenvalue weighted by Crippen LogP contribution is -1.95. The third kappa shape index (κ3) is 3.15. The monoisotopic (exact) mass is 110 g/mol. The van der Waals surface area contributed by atoms with Crippen LogP contribution in [0.5, 0.6) is 0 Å². The Labute approximate surface area is 49.2 Å². The number of rotatable bonds is 2. The Balaban J connectivity index is 3.74. The lowest BCUT2D eigenvalue weighted by Gasteiger charge is -1.81. The Hall–Kier alpha value is -1.05. The molecule has 0 fully saturated rings. The summed E-state index contributed by atoms with van der Waals surface area (Å²) in [6.45, 7) is 1.90. The molecule has 0 rings (SSSR count). The standard InChI is InChI=1S/C6H10N2/c1-2-3-4-6(8)5-7/h2-5,7H,8H2,1H3/b3-2+,6-4+,7-5?. The molecule has 0 atom stereocenters. The van der Waals surface area contributed by atoms with Crippen molar-refractivity contribution in [3.8, 4) is 0 Å². The summed E-state index contributed by atoms with van der Waals surface area (Å²) in [5, 5.41) is 6.63. The maximum absolute atomic E-state index is 6.63. The third-order valence-electron chi connectivity index (χ3n) is 0.648. The van der Waals surface area contributed by atoms with Gasteiger partial charge in [-0.1, -0.05) is 12.2 Å². The van der Waals surface area contributed by atoms with E-state index in [0.717, 1.165) is 6.21 Å². The normalized spacial score (nSPS) is 12.4. The second kappa shape index (κ2) is 4.12. The summed E-state index contributed by atoms with van der Waals surface area (Å²) < 4.78 is 0. The fourth-order valence-corrected chi connectivity index (χ4v) is 0.255. The van der Waals surface area contributed by atoms with Gasteiger partial charge in [-0.15, -0.1) is 0 Å². The van der Waals surface area contributed by atoms with Crippen molar-refractivity contribution in [1.29, 1.82) is 5.41 Å². The van der Waals surface area contributed by atoms with Crippen LogP contribution in [0, 0.1) is 5.41 Å². The first-order valence-corrected chi connectivity index (χ1v) is 2.40. The Kier molecular flexibility index (Phi) is 3.58. The van der Waals surface area contributed by atoms with E-state index in [0.29, 0.717) is 5.70 Å². The molecule has 0 unspecified atom stereocenters. The van der Waals surface area contributed by atoms with Crippen molar-refractivity contribution < 1.29 is 0 Å². The first kappa shape index (κ1) is 6.95. The highest BCUT2D eigenvalue weighted by molar-refractivity contribution is 5.74. The molecule has 0 spiro atoms. The van der Waals surface area contributed by atoms with Gasteiger partial charge in [-0.2, -0.15) is 0 Å². The molecule has 0 aliphatic rings. The summed E-state index contributed by atoms with van der Waals surface area (Å²) in [6.07, 6.45) is 6.43. The highest BCUT2D eigenvalue weighted by Gasteiger charge is 1.72. The highest BCUT2D eigenvalue weighted by Crippen LogP contribution is 1.78. The molecule has 0 radical (unpaired) electrons. The van der Waals surface area contributed by atoms with Gasteiger partial charge in [0.1, 0.15) is 0 Å². The smallest absolute Gasteiger partial charge is 0.0492 e. The minimum absolute atomic E-state index is 0.475. The topological polar surface area (TPSA) is 49.9 Å².